The fourth-order valence-corrected chi connectivity index (χ4v) is 2.41. The van der Waals surface area contributed by atoms with E-state index in [2.05, 4.69) is 65.7 Å². The van der Waals surface area contributed by atoms with Crippen LogP contribution in [0.15, 0.2) is 30.3 Å². The van der Waals surface area contributed by atoms with E-state index in [1.807, 2.05) is 39.0 Å². The van der Waals surface area contributed by atoms with Gasteiger partial charge in [-0.3, -0.25) is 0 Å². The standard InChI is InChI=1S/C22H33N5O2/c1-15-8-10-16(11-9-15)25-18-14-17(21(2,3)4)26-19(27-18)23-12-13-24-20(28)29-22(5,6)7/h8-11,14H,12-13H2,1-7H3,(H,24,28)(H2,23,25,26,27). The summed E-state index contributed by atoms with van der Waals surface area (Å²) < 4.78 is 5.23. The molecule has 0 bridgehead atoms. The van der Waals surface area contributed by atoms with E-state index >= 15 is 0 Å². The van der Waals surface area contributed by atoms with Gasteiger partial charge in [-0.05, 0) is 39.8 Å². The van der Waals surface area contributed by atoms with Crippen LogP contribution in [0.1, 0.15) is 52.8 Å². The van der Waals surface area contributed by atoms with Crippen molar-refractivity contribution in [1.82, 2.24) is 15.3 Å². The van der Waals surface area contributed by atoms with Crippen LogP contribution in [0, 0.1) is 6.92 Å². The largest absolute Gasteiger partial charge is 0.444 e. The maximum Gasteiger partial charge on any atom is 0.407 e. The number of amides is 1. The van der Waals surface area contributed by atoms with Gasteiger partial charge < -0.3 is 20.7 Å². The van der Waals surface area contributed by atoms with Crippen molar-refractivity contribution in [2.45, 2.75) is 59.5 Å². The first kappa shape index (κ1) is 22.5. The number of anilines is 3. The zero-order valence-corrected chi connectivity index (χ0v) is 18.5. The Labute approximate surface area is 173 Å². The molecule has 0 aliphatic heterocycles. The number of aromatic nitrogens is 2. The van der Waals surface area contributed by atoms with Crippen molar-refractivity contribution in [3.63, 3.8) is 0 Å². The van der Waals surface area contributed by atoms with E-state index in [1.54, 1.807) is 0 Å². The van der Waals surface area contributed by atoms with Crippen LogP contribution in [-0.4, -0.2) is 34.8 Å². The van der Waals surface area contributed by atoms with Gasteiger partial charge in [-0.2, -0.15) is 4.98 Å². The smallest absolute Gasteiger partial charge is 0.407 e. The minimum absolute atomic E-state index is 0.127. The summed E-state index contributed by atoms with van der Waals surface area (Å²) in [7, 11) is 0. The molecular formula is C22H33N5O2. The Balaban J connectivity index is 2.04. The first-order valence-electron chi connectivity index (χ1n) is 9.86. The second-order valence-corrected chi connectivity index (χ2v) is 9.06. The number of hydrogen-bond acceptors (Lipinski definition) is 6. The summed E-state index contributed by atoms with van der Waals surface area (Å²) in [5.74, 6) is 1.23. The number of nitrogens with zero attached hydrogens (tertiary/aromatic N) is 2. The lowest BCUT2D eigenvalue weighted by atomic mass is 9.92. The van der Waals surface area contributed by atoms with E-state index in [9.17, 15) is 4.79 Å². The molecule has 2 rings (SSSR count). The normalized spacial score (nSPS) is 11.7. The monoisotopic (exact) mass is 399 g/mol. The Morgan fingerprint density at radius 2 is 1.66 bits per heavy atom. The van der Waals surface area contributed by atoms with Crippen molar-refractivity contribution in [1.29, 1.82) is 0 Å². The van der Waals surface area contributed by atoms with E-state index in [4.69, 9.17) is 4.74 Å². The maximum atomic E-state index is 11.7. The van der Waals surface area contributed by atoms with E-state index in [0.717, 1.165) is 17.2 Å². The average molecular weight is 400 g/mol. The van der Waals surface area contributed by atoms with Gasteiger partial charge in [-0.15, -0.1) is 0 Å². The molecule has 0 atom stereocenters. The number of benzene rings is 1. The van der Waals surface area contributed by atoms with Crippen LogP contribution < -0.4 is 16.0 Å². The van der Waals surface area contributed by atoms with Gasteiger partial charge in [0.05, 0.1) is 5.69 Å². The van der Waals surface area contributed by atoms with E-state index in [-0.39, 0.29) is 5.41 Å². The first-order valence-corrected chi connectivity index (χ1v) is 9.86. The van der Waals surface area contributed by atoms with Gasteiger partial charge in [-0.1, -0.05) is 38.5 Å². The van der Waals surface area contributed by atoms with Gasteiger partial charge in [0.2, 0.25) is 5.95 Å². The van der Waals surface area contributed by atoms with Crippen molar-refractivity contribution >= 4 is 23.5 Å². The topological polar surface area (TPSA) is 88.2 Å². The van der Waals surface area contributed by atoms with Gasteiger partial charge in [-0.25, -0.2) is 9.78 Å². The lowest BCUT2D eigenvalue weighted by molar-refractivity contribution is 0.0530. The summed E-state index contributed by atoms with van der Waals surface area (Å²) in [5, 5.41) is 9.23. The van der Waals surface area contributed by atoms with E-state index in [1.165, 1.54) is 5.56 Å². The number of carbonyl (C=O) groups is 1. The maximum absolute atomic E-state index is 11.7. The van der Waals surface area contributed by atoms with Gasteiger partial charge in [0.25, 0.3) is 0 Å². The molecule has 0 radical (unpaired) electrons. The SMILES string of the molecule is Cc1ccc(Nc2cc(C(C)(C)C)nc(NCCNC(=O)OC(C)(C)C)n2)cc1. The Kier molecular flexibility index (Phi) is 7.06. The van der Waals surface area contributed by atoms with Gasteiger partial charge in [0.1, 0.15) is 11.4 Å². The molecule has 1 amide bonds. The molecule has 0 aliphatic rings. The van der Waals surface area contributed by atoms with Crippen LogP contribution in [0.5, 0.6) is 0 Å². The summed E-state index contributed by atoms with van der Waals surface area (Å²) in [5.41, 5.74) is 2.45. The molecule has 1 aromatic heterocycles. The Morgan fingerprint density at radius 1 is 1.00 bits per heavy atom. The predicted molar refractivity (Wildman–Crippen MR) is 118 cm³/mol. The summed E-state index contributed by atoms with van der Waals surface area (Å²) in [6.45, 7) is 14.8. The molecule has 0 saturated heterocycles. The molecule has 7 nitrogen and oxygen atoms in total. The molecule has 29 heavy (non-hydrogen) atoms. The fraction of sp³-hybridized carbons (Fsp3) is 0.500. The number of ether oxygens (including phenoxy) is 1. The minimum atomic E-state index is -0.516. The Hall–Kier alpha value is -2.83. The third-order valence-corrected chi connectivity index (χ3v) is 3.89. The van der Waals surface area contributed by atoms with Gasteiger partial charge in [0, 0.05) is 30.3 Å². The average Bonchev–Trinajstić information content (AvgIpc) is 2.58. The minimum Gasteiger partial charge on any atom is -0.444 e. The van der Waals surface area contributed by atoms with Crippen LogP contribution in [0.4, 0.5) is 22.2 Å². The highest BCUT2D eigenvalue weighted by Gasteiger charge is 2.18. The summed E-state index contributed by atoms with van der Waals surface area (Å²) in [6.07, 6.45) is -0.439. The fourth-order valence-electron chi connectivity index (χ4n) is 2.41. The predicted octanol–water partition coefficient (Wildman–Crippen LogP) is 4.76. The molecule has 2 aromatic rings. The zero-order chi connectivity index (χ0) is 21.7. The highest BCUT2D eigenvalue weighted by molar-refractivity contribution is 5.67. The van der Waals surface area contributed by atoms with E-state index in [0.29, 0.717) is 19.0 Å². The van der Waals surface area contributed by atoms with Gasteiger partial charge >= 0.3 is 6.09 Å². The number of carbonyl (C=O) groups excluding carboxylic acids is 1. The third kappa shape index (κ3) is 7.97. The lowest BCUT2D eigenvalue weighted by Crippen LogP contribution is -2.35. The second kappa shape index (κ2) is 9.11. The van der Waals surface area contributed by atoms with Crippen LogP contribution in [0.2, 0.25) is 0 Å². The van der Waals surface area contributed by atoms with Gasteiger partial charge in [0.15, 0.2) is 0 Å². The molecule has 0 saturated carbocycles. The van der Waals surface area contributed by atoms with Crippen LogP contribution in [0.3, 0.4) is 0 Å². The lowest BCUT2D eigenvalue weighted by Gasteiger charge is -2.21. The van der Waals surface area contributed by atoms with Crippen LogP contribution in [-0.2, 0) is 10.2 Å². The Bertz CT molecular complexity index is 821. The number of hydrogen-bond donors (Lipinski definition) is 3. The molecule has 158 valence electrons. The molecular weight excluding hydrogens is 366 g/mol. The van der Waals surface area contributed by atoms with Crippen LogP contribution >= 0.6 is 0 Å². The van der Waals surface area contributed by atoms with Crippen molar-refractivity contribution in [2.75, 3.05) is 23.7 Å². The summed E-state index contributed by atoms with van der Waals surface area (Å²) >= 11 is 0. The molecule has 0 spiro atoms. The molecule has 0 unspecified atom stereocenters. The molecule has 3 N–H and O–H groups in total. The van der Waals surface area contributed by atoms with Crippen LogP contribution in [0.25, 0.3) is 0 Å². The highest BCUT2D eigenvalue weighted by Crippen LogP contribution is 2.25. The molecule has 0 aliphatic carbocycles. The molecule has 1 heterocycles. The number of aryl methyl sites for hydroxylation is 1. The molecule has 1 aromatic carbocycles. The first-order chi connectivity index (χ1) is 13.4. The summed E-state index contributed by atoms with van der Waals surface area (Å²) in [6, 6.07) is 10.1. The van der Waals surface area contributed by atoms with Crippen molar-refractivity contribution in [3.8, 4) is 0 Å². The number of alkyl carbamates (subject to hydrolysis) is 1. The summed E-state index contributed by atoms with van der Waals surface area (Å²) in [4.78, 5) is 20.9. The number of rotatable bonds is 6. The third-order valence-electron chi connectivity index (χ3n) is 3.89. The molecule has 0 fully saturated rings. The number of nitrogens with one attached hydrogen (secondary N) is 3. The van der Waals surface area contributed by atoms with Crippen molar-refractivity contribution in [3.05, 3.63) is 41.6 Å². The van der Waals surface area contributed by atoms with E-state index < -0.39 is 11.7 Å². The quantitative estimate of drug-likeness (QED) is 0.607. The second-order valence-electron chi connectivity index (χ2n) is 9.06. The highest BCUT2D eigenvalue weighted by atomic mass is 16.6. The zero-order valence-electron chi connectivity index (χ0n) is 18.5. The molecule has 7 heteroatoms. The van der Waals surface area contributed by atoms with Crippen molar-refractivity contribution < 1.29 is 9.53 Å². The van der Waals surface area contributed by atoms with Crippen molar-refractivity contribution in [2.24, 2.45) is 0 Å². The Morgan fingerprint density at radius 3 is 2.24 bits per heavy atom.